The van der Waals surface area contributed by atoms with E-state index in [0.717, 1.165) is 22.9 Å². The van der Waals surface area contributed by atoms with Gasteiger partial charge in [0.05, 0.1) is 6.21 Å². The number of hydrazone groups is 1. The fourth-order valence-corrected chi connectivity index (χ4v) is 3.38. The van der Waals surface area contributed by atoms with Crippen LogP contribution in [0.4, 0.5) is 0 Å². The molecule has 0 bridgehead atoms. The van der Waals surface area contributed by atoms with Gasteiger partial charge in [0, 0.05) is 28.7 Å². The topological polar surface area (TPSA) is 81.3 Å². The average molecular weight is 361 g/mol. The van der Waals surface area contributed by atoms with E-state index in [1.54, 1.807) is 6.21 Å². The normalized spacial score (nSPS) is 19.7. The van der Waals surface area contributed by atoms with Crippen LogP contribution in [0.3, 0.4) is 0 Å². The van der Waals surface area contributed by atoms with Crippen molar-refractivity contribution in [2.75, 3.05) is 0 Å². The maximum atomic E-state index is 12.4. The Bertz CT molecular complexity index is 960. The Kier molecular flexibility index (Phi) is 5.00. The second kappa shape index (κ2) is 7.73. The highest BCUT2D eigenvalue weighted by molar-refractivity contribution is 5.99. The molecular formula is C21H23N5O. The van der Waals surface area contributed by atoms with Crippen molar-refractivity contribution in [3.63, 3.8) is 0 Å². The number of aryl methyl sites for hydroxylation is 1. The molecule has 2 aromatic carbocycles. The van der Waals surface area contributed by atoms with E-state index in [-0.39, 0.29) is 18.0 Å². The first-order valence-corrected chi connectivity index (χ1v) is 9.23. The molecule has 2 atom stereocenters. The van der Waals surface area contributed by atoms with Gasteiger partial charge < -0.3 is 4.98 Å². The van der Waals surface area contributed by atoms with Crippen LogP contribution in [0.2, 0.25) is 0 Å². The molecule has 6 nitrogen and oxygen atoms in total. The molecule has 1 aliphatic rings. The number of hydrazine groups is 1. The fraction of sp³-hybridized carbons (Fsp3) is 0.238. The van der Waals surface area contributed by atoms with Crippen molar-refractivity contribution < 1.29 is 4.79 Å². The lowest BCUT2D eigenvalue weighted by Gasteiger charge is -2.10. The Morgan fingerprint density at radius 2 is 2.00 bits per heavy atom. The summed E-state index contributed by atoms with van der Waals surface area (Å²) in [5.74, 6) is -0.147. The average Bonchev–Trinajstić information content (AvgIpc) is 3.36. The number of carbonyl (C=O) groups is 1. The number of aromatic amines is 1. The summed E-state index contributed by atoms with van der Waals surface area (Å²) in [6, 6.07) is 16.3. The number of amides is 1. The predicted octanol–water partition coefficient (Wildman–Crippen LogP) is 2.79. The summed E-state index contributed by atoms with van der Waals surface area (Å²) in [5, 5.41) is 5.19. The Morgan fingerprint density at radius 3 is 2.81 bits per heavy atom. The van der Waals surface area contributed by atoms with E-state index in [2.05, 4.69) is 57.6 Å². The van der Waals surface area contributed by atoms with Crippen LogP contribution in [-0.4, -0.2) is 23.1 Å². The number of fused-ring (bicyclic) bond motifs is 1. The zero-order chi connectivity index (χ0) is 18.6. The van der Waals surface area contributed by atoms with E-state index in [9.17, 15) is 4.79 Å². The van der Waals surface area contributed by atoms with Crippen LogP contribution < -0.4 is 16.3 Å². The van der Waals surface area contributed by atoms with Crippen LogP contribution >= 0.6 is 0 Å². The lowest BCUT2D eigenvalue weighted by molar-refractivity contribution is -0.122. The van der Waals surface area contributed by atoms with Gasteiger partial charge in [-0.1, -0.05) is 49.4 Å². The number of nitrogens with zero attached hydrogens (tertiary/aromatic N) is 1. The number of hydrogen-bond acceptors (Lipinski definition) is 4. The Labute approximate surface area is 158 Å². The monoisotopic (exact) mass is 361 g/mol. The quantitative estimate of drug-likeness (QED) is 0.417. The van der Waals surface area contributed by atoms with Crippen LogP contribution in [0.15, 0.2) is 59.8 Å². The molecule has 0 aliphatic carbocycles. The summed E-state index contributed by atoms with van der Waals surface area (Å²) >= 11 is 0. The van der Waals surface area contributed by atoms with Gasteiger partial charge in [0.25, 0.3) is 5.91 Å². The number of rotatable bonds is 5. The molecular weight excluding hydrogens is 338 g/mol. The molecule has 2 unspecified atom stereocenters. The Morgan fingerprint density at radius 1 is 1.19 bits per heavy atom. The highest BCUT2D eigenvalue weighted by atomic mass is 16.2. The van der Waals surface area contributed by atoms with Gasteiger partial charge in [0.2, 0.25) is 0 Å². The number of carbonyl (C=O) groups excluding carboxylic acids is 1. The third kappa shape index (κ3) is 3.77. The Hall–Kier alpha value is -2.96. The van der Waals surface area contributed by atoms with Crippen molar-refractivity contribution in [1.82, 2.24) is 21.3 Å². The van der Waals surface area contributed by atoms with Crippen LogP contribution in [0.1, 0.15) is 36.1 Å². The summed E-state index contributed by atoms with van der Waals surface area (Å²) in [5.41, 5.74) is 13.4. The minimum Gasteiger partial charge on any atom is -0.361 e. The van der Waals surface area contributed by atoms with Crippen molar-refractivity contribution >= 4 is 23.0 Å². The third-order valence-corrected chi connectivity index (χ3v) is 5.01. The zero-order valence-corrected chi connectivity index (χ0v) is 15.2. The Balaban J connectivity index is 1.35. The van der Waals surface area contributed by atoms with Crippen LogP contribution in [0, 0.1) is 0 Å². The van der Waals surface area contributed by atoms with Gasteiger partial charge in [-0.3, -0.25) is 4.79 Å². The minimum atomic E-state index is -0.319. The minimum absolute atomic E-state index is 0.115. The molecule has 1 fully saturated rings. The molecule has 6 heteroatoms. The molecule has 1 aromatic heterocycles. The summed E-state index contributed by atoms with van der Waals surface area (Å²) in [7, 11) is 0. The first kappa shape index (κ1) is 17.5. The summed E-state index contributed by atoms with van der Waals surface area (Å²) in [6.45, 7) is 2.14. The second-order valence-corrected chi connectivity index (χ2v) is 6.75. The molecule has 0 radical (unpaired) electrons. The molecule has 1 aliphatic heterocycles. The summed E-state index contributed by atoms with van der Waals surface area (Å²) in [6.07, 6.45) is 5.25. The molecule has 138 valence electrons. The van der Waals surface area contributed by atoms with E-state index >= 15 is 0 Å². The number of para-hydroxylation sites is 1. The largest absolute Gasteiger partial charge is 0.361 e. The van der Waals surface area contributed by atoms with E-state index in [4.69, 9.17) is 0 Å². The van der Waals surface area contributed by atoms with Gasteiger partial charge in [-0.15, -0.1) is 0 Å². The number of benzene rings is 2. The van der Waals surface area contributed by atoms with Crippen molar-refractivity contribution in [2.45, 2.75) is 31.8 Å². The van der Waals surface area contributed by atoms with E-state index in [0.29, 0.717) is 6.42 Å². The highest BCUT2D eigenvalue weighted by Crippen LogP contribution is 2.22. The van der Waals surface area contributed by atoms with Gasteiger partial charge in [0.15, 0.2) is 0 Å². The van der Waals surface area contributed by atoms with Gasteiger partial charge in [0.1, 0.15) is 6.04 Å². The van der Waals surface area contributed by atoms with Gasteiger partial charge in [-0.05, 0) is 30.0 Å². The smallest absolute Gasteiger partial charge is 0.258 e. The van der Waals surface area contributed by atoms with E-state index in [1.165, 1.54) is 11.1 Å². The molecule has 27 heavy (non-hydrogen) atoms. The van der Waals surface area contributed by atoms with Crippen LogP contribution in [0.25, 0.3) is 10.9 Å². The van der Waals surface area contributed by atoms with Crippen LogP contribution in [0.5, 0.6) is 0 Å². The van der Waals surface area contributed by atoms with Crippen molar-refractivity contribution in [3.8, 4) is 0 Å². The molecule has 4 rings (SSSR count). The summed E-state index contributed by atoms with van der Waals surface area (Å²) < 4.78 is 0. The van der Waals surface area contributed by atoms with Gasteiger partial charge in [-0.2, -0.15) is 5.10 Å². The zero-order valence-electron chi connectivity index (χ0n) is 15.2. The van der Waals surface area contributed by atoms with Crippen LogP contribution in [-0.2, 0) is 11.2 Å². The lowest BCUT2D eigenvalue weighted by atomic mass is 10.00. The maximum Gasteiger partial charge on any atom is 0.258 e. The van der Waals surface area contributed by atoms with E-state index < -0.39 is 0 Å². The number of nitrogens with one attached hydrogen (secondary N) is 4. The van der Waals surface area contributed by atoms with Gasteiger partial charge in [-0.25, -0.2) is 16.3 Å². The lowest BCUT2D eigenvalue weighted by Crippen LogP contribution is -2.41. The fourth-order valence-electron chi connectivity index (χ4n) is 3.38. The first-order chi connectivity index (χ1) is 13.2. The van der Waals surface area contributed by atoms with Gasteiger partial charge >= 0.3 is 0 Å². The number of H-pyrrole nitrogens is 1. The third-order valence-electron chi connectivity index (χ3n) is 5.01. The predicted molar refractivity (Wildman–Crippen MR) is 107 cm³/mol. The second-order valence-electron chi connectivity index (χ2n) is 6.75. The standard InChI is InChI=1S/C21H23N5O/c1-2-14-7-9-15(10-8-14)19-11-20(25-24-19)21(27)26-23-13-16-12-22-18-6-4-3-5-17(16)18/h3-10,12-13,19-20,22,24-25H,2,11H2,1H3,(H,26,27)/b23-13+. The molecule has 0 spiro atoms. The van der Waals surface area contributed by atoms with Crippen molar-refractivity contribution in [2.24, 2.45) is 5.10 Å². The molecule has 2 heterocycles. The molecule has 4 N–H and O–H groups in total. The number of aromatic nitrogens is 1. The molecule has 1 amide bonds. The molecule has 1 saturated heterocycles. The van der Waals surface area contributed by atoms with Crippen molar-refractivity contribution in [1.29, 1.82) is 0 Å². The SMILES string of the molecule is CCc1ccc(C2CC(C(=O)N/N=C/c3c[nH]c4ccccc34)NN2)cc1. The highest BCUT2D eigenvalue weighted by Gasteiger charge is 2.29. The first-order valence-electron chi connectivity index (χ1n) is 9.23. The number of hydrogen-bond donors (Lipinski definition) is 4. The molecule has 3 aromatic rings. The molecule has 0 saturated carbocycles. The van der Waals surface area contributed by atoms with Crippen molar-refractivity contribution in [3.05, 3.63) is 71.4 Å². The van der Waals surface area contributed by atoms with E-state index in [1.807, 2.05) is 30.5 Å². The summed E-state index contributed by atoms with van der Waals surface area (Å²) in [4.78, 5) is 15.6. The maximum absolute atomic E-state index is 12.4.